The molecule has 0 radical (unpaired) electrons. The Morgan fingerprint density at radius 2 is 2.00 bits per heavy atom. The minimum absolute atomic E-state index is 0.0142. The van der Waals surface area contributed by atoms with Gasteiger partial charge < -0.3 is 9.88 Å². The average molecular weight is 219 g/mol. The van der Waals surface area contributed by atoms with Gasteiger partial charge in [-0.1, -0.05) is 33.9 Å². The number of allylic oxidation sites excluding steroid dienone is 1. The highest BCUT2D eigenvalue weighted by atomic mass is 15.1. The van der Waals surface area contributed by atoms with Crippen LogP contribution in [0, 0.1) is 0 Å². The van der Waals surface area contributed by atoms with Crippen LogP contribution in [-0.4, -0.2) is 21.9 Å². The van der Waals surface area contributed by atoms with Crippen molar-refractivity contribution in [3.63, 3.8) is 0 Å². The molecule has 88 valence electrons. The molecule has 0 aliphatic carbocycles. The van der Waals surface area contributed by atoms with Gasteiger partial charge in [-0.3, -0.25) is 0 Å². The first kappa shape index (κ1) is 12.6. The van der Waals surface area contributed by atoms with E-state index in [4.69, 9.17) is 0 Å². The van der Waals surface area contributed by atoms with Crippen LogP contribution in [0.25, 0.3) is 12.8 Å². The Balaban J connectivity index is 3.23. The first-order chi connectivity index (χ1) is 7.21. The zero-order valence-corrected chi connectivity index (χ0v) is 10.9. The Labute approximate surface area is 97.2 Å². The molecule has 0 bridgehead atoms. The Morgan fingerprint density at radius 1 is 1.44 bits per heavy atom. The summed E-state index contributed by atoms with van der Waals surface area (Å²) in [4.78, 5) is 9.69. The van der Waals surface area contributed by atoms with Crippen molar-refractivity contribution in [3.8, 4) is 0 Å². The third kappa shape index (κ3) is 2.75. The fraction of sp³-hybridized carbons (Fsp3) is 0.462. The van der Waals surface area contributed by atoms with Crippen LogP contribution in [0.5, 0.6) is 0 Å². The first-order valence-electron chi connectivity index (χ1n) is 5.37. The van der Waals surface area contributed by atoms with Crippen molar-refractivity contribution < 1.29 is 0 Å². The number of hydrogen-bond acceptors (Lipinski definition) is 2. The molecule has 3 heteroatoms. The van der Waals surface area contributed by atoms with E-state index in [-0.39, 0.29) is 5.41 Å². The Hall–Kier alpha value is -1.51. The lowest BCUT2D eigenvalue weighted by Crippen LogP contribution is -2.26. The molecular formula is C13H21N3. The Bertz CT molecular complexity index is 488. The number of aromatic amines is 1. The molecule has 0 aliphatic rings. The van der Waals surface area contributed by atoms with Crippen LogP contribution in [0.4, 0.5) is 0 Å². The largest absolute Gasteiger partial charge is 0.353 e. The van der Waals surface area contributed by atoms with Crippen molar-refractivity contribution in [2.75, 3.05) is 7.05 Å². The second-order valence-electron chi connectivity index (χ2n) is 5.17. The molecule has 0 atom stereocenters. The molecule has 0 aromatic carbocycles. The number of aromatic nitrogens is 2. The van der Waals surface area contributed by atoms with Gasteiger partial charge in [-0.2, -0.15) is 0 Å². The van der Waals surface area contributed by atoms with Crippen LogP contribution < -0.4 is 10.7 Å². The number of hydrogen-bond donors (Lipinski definition) is 1. The van der Waals surface area contributed by atoms with E-state index in [1.54, 1.807) is 0 Å². The summed E-state index contributed by atoms with van der Waals surface area (Å²) in [7, 11) is 1.96. The second kappa shape index (κ2) is 4.16. The normalized spacial score (nSPS) is 12.9. The minimum Gasteiger partial charge on any atom is -0.353 e. The highest BCUT2D eigenvalue weighted by Gasteiger charge is 2.16. The van der Waals surface area contributed by atoms with E-state index in [1.165, 1.54) is 0 Å². The van der Waals surface area contributed by atoms with Gasteiger partial charge in [-0.25, -0.2) is 4.98 Å². The van der Waals surface area contributed by atoms with Crippen molar-refractivity contribution in [1.29, 1.82) is 0 Å². The van der Waals surface area contributed by atoms with E-state index < -0.39 is 0 Å². The first-order valence-corrected chi connectivity index (χ1v) is 5.37. The molecule has 3 nitrogen and oxygen atoms in total. The standard InChI is InChI=1S/C13H21N3/c1-9(2)16(7)8-11-10(3)14-12(15-11)13(4,5)6/h8H,1,3H2,2,4-7H3,(H,14,15)/b11-8+. The zero-order valence-electron chi connectivity index (χ0n) is 10.9. The van der Waals surface area contributed by atoms with E-state index in [1.807, 2.05) is 25.1 Å². The molecule has 1 aromatic heterocycles. The Kier molecular flexibility index (Phi) is 3.27. The van der Waals surface area contributed by atoms with Gasteiger partial charge in [0.2, 0.25) is 0 Å². The van der Waals surface area contributed by atoms with Gasteiger partial charge in [-0.15, -0.1) is 0 Å². The van der Waals surface area contributed by atoms with E-state index in [9.17, 15) is 0 Å². The maximum absolute atomic E-state index is 4.44. The summed E-state index contributed by atoms with van der Waals surface area (Å²) in [6, 6.07) is 0. The molecule has 1 heterocycles. The predicted molar refractivity (Wildman–Crippen MR) is 69.1 cm³/mol. The molecule has 16 heavy (non-hydrogen) atoms. The number of imidazole rings is 1. The lowest BCUT2D eigenvalue weighted by Gasteiger charge is -2.14. The lowest BCUT2D eigenvalue weighted by atomic mass is 9.96. The lowest BCUT2D eigenvalue weighted by molar-refractivity contribution is 0.550. The van der Waals surface area contributed by atoms with Gasteiger partial charge in [0.25, 0.3) is 0 Å². The Morgan fingerprint density at radius 3 is 2.38 bits per heavy atom. The summed E-state index contributed by atoms with van der Waals surface area (Å²) in [5, 5.41) is 1.72. The van der Waals surface area contributed by atoms with Gasteiger partial charge in [0, 0.05) is 24.4 Å². The molecule has 1 N–H and O–H groups in total. The minimum atomic E-state index is 0.0142. The van der Waals surface area contributed by atoms with Gasteiger partial charge >= 0.3 is 0 Å². The van der Waals surface area contributed by atoms with Gasteiger partial charge in [0.15, 0.2) is 0 Å². The van der Waals surface area contributed by atoms with Crippen molar-refractivity contribution in [1.82, 2.24) is 14.9 Å². The second-order valence-corrected chi connectivity index (χ2v) is 5.17. The van der Waals surface area contributed by atoms with Gasteiger partial charge in [0.1, 0.15) is 5.82 Å². The summed E-state index contributed by atoms with van der Waals surface area (Å²) in [6.45, 7) is 16.1. The highest BCUT2D eigenvalue weighted by Crippen LogP contribution is 2.14. The summed E-state index contributed by atoms with van der Waals surface area (Å²) in [5.74, 6) is 0.957. The van der Waals surface area contributed by atoms with Crippen LogP contribution in [0.15, 0.2) is 12.3 Å². The topological polar surface area (TPSA) is 31.9 Å². The highest BCUT2D eigenvalue weighted by molar-refractivity contribution is 5.24. The smallest absolute Gasteiger partial charge is 0.112 e. The molecule has 0 amide bonds. The number of rotatable bonds is 2. The third-order valence-corrected chi connectivity index (χ3v) is 2.45. The maximum atomic E-state index is 4.44. The SMILES string of the molecule is C=C(C)N(C)/C=c1/[nH]c(C(C)(C)C)nc1=C. The van der Waals surface area contributed by atoms with Crippen molar-refractivity contribution in [2.24, 2.45) is 0 Å². The molecule has 0 aliphatic heterocycles. The van der Waals surface area contributed by atoms with Crippen LogP contribution in [0.3, 0.4) is 0 Å². The molecule has 1 rings (SSSR count). The van der Waals surface area contributed by atoms with Crippen molar-refractivity contribution in [2.45, 2.75) is 33.1 Å². The molecule has 1 aromatic rings. The predicted octanol–water partition coefficient (Wildman–Crippen LogP) is 1.32. The molecule has 0 saturated heterocycles. The van der Waals surface area contributed by atoms with Gasteiger partial charge in [-0.05, 0) is 6.92 Å². The van der Waals surface area contributed by atoms with Crippen LogP contribution >= 0.6 is 0 Å². The van der Waals surface area contributed by atoms with E-state index in [2.05, 4.69) is 43.9 Å². The summed E-state index contributed by atoms with van der Waals surface area (Å²) >= 11 is 0. The summed E-state index contributed by atoms with van der Waals surface area (Å²) in [6.07, 6.45) is 1.97. The van der Waals surface area contributed by atoms with Gasteiger partial charge in [0.05, 0.1) is 10.7 Å². The quantitative estimate of drug-likeness (QED) is 0.813. The molecular weight excluding hydrogens is 198 g/mol. The third-order valence-electron chi connectivity index (χ3n) is 2.45. The van der Waals surface area contributed by atoms with Crippen LogP contribution in [0.1, 0.15) is 33.5 Å². The van der Waals surface area contributed by atoms with E-state index in [0.29, 0.717) is 0 Å². The van der Waals surface area contributed by atoms with Crippen molar-refractivity contribution >= 4 is 12.8 Å². The fourth-order valence-electron chi connectivity index (χ4n) is 1.19. The van der Waals surface area contributed by atoms with Crippen molar-refractivity contribution in [3.05, 3.63) is 28.8 Å². The molecule has 0 spiro atoms. The summed E-state index contributed by atoms with van der Waals surface area (Å²) < 4.78 is 0. The molecule has 0 saturated carbocycles. The monoisotopic (exact) mass is 219 g/mol. The number of nitrogens with one attached hydrogen (secondary N) is 1. The number of H-pyrrole nitrogens is 1. The molecule has 0 unspecified atom stereocenters. The maximum Gasteiger partial charge on any atom is 0.112 e. The summed E-state index contributed by atoms with van der Waals surface area (Å²) in [5.41, 5.74) is 0.992. The average Bonchev–Trinajstić information content (AvgIpc) is 2.47. The van der Waals surface area contributed by atoms with Crippen LogP contribution in [0.2, 0.25) is 0 Å². The number of nitrogens with zero attached hydrogens (tertiary/aromatic N) is 2. The van der Waals surface area contributed by atoms with E-state index in [0.717, 1.165) is 22.2 Å². The zero-order chi connectivity index (χ0) is 12.5. The fourth-order valence-corrected chi connectivity index (χ4v) is 1.19. The van der Waals surface area contributed by atoms with E-state index >= 15 is 0 Å². The van der Waals surface area contributed by atoms with Crippen LogP contribution in [-0.2, 0) is 5.41 Å². The molecule has 0 fully saturated rings.